The first-order valence-electron chi connectivity index (χ1n) is 17.1. The molecule has 5 fully saturated rings. The quantitative estimate of drug-likeness (QED) is 0.292. The van der Waals surface area contributed by atoms with Crippen LogP contribution in [0.3, 0.4) is 0 Å². The molecule has 3 saturated carbocycles. The van der Waals surface area contributed by atoms with Crippen LogP contribution in [0.1, 0.15) is 102 Å². The van der Waals surface area contributed by atoms with Crippen LogP contribution in [-0.2, 0) is 18.9 Å². The molecular formula is C36H53NO6. The van der Waals surface area contributed by atoms with Crippen LogP contribution >= 0.6 is 0 Å². The molecule has 7 rings (SSSR count). The van der Waals surface area contributed by atoms with Gasteiger partial charge < -0.3 is 34.1 Å². The first-order chi connectivity index (χ1) is 20.7. The number of allylic oxidation sites excluding steroid dienone is 1. The number of nitrogens with zero attached hydrogens (tertiary/aromatic N) is 1. The molecule has 1 unspecified atom stereocenters. The largest absolute Gasteiger partial charge is 0.389 e. The molecule has 6 aliphatic rings. The lowest BCUT2D eigenvalue weighted by molar-refractivity contribution is -0.208. The highest BCUT2D eigenvalue weighted by atomic mass is 16.7. The maximum atomic E-state index is 12.5. The van der Waals surface area contributed by atoms with Crippen molar-refractivity contribution in [2.24, 2.45) is 17.3 Å². The second-order valence-corrected chi connectivity index (χ2v) is 15.0. The van der Waals surface area contributed by atoms with Gasteiger partial charge in [0.1, 0.15) is 0 Å². The second-order valence-electron chi connectivity index (χ2n) is 15.0. The number of anilines is 1. The summed E-state index contributed by atoms with van der Waals surface area (Å²) in [4.78, 5) is 2.14. The lowest BCUT2D eigenvalue weighted by Gasteiger charge is -2.57. The summed E-state index contributed by atoms with van der Waals surface area (Å²) in [6.45, 7) is 5.04. The van der Waals surface area contributed by atoms with Crippen LogP contribution in [0.2, 0.25) is 0 Å². The third kappa shape index (κ3) is 5.20. The van der Waals surface area contributed by atoms with E-state index in [1.807, 2.05) is 0 Å². The minimum Gasteiger partial charge on any atom is -0.389 e. The van der Waals surface area contributed by atoms with Gasteiger partial charge in [-0.1, -0.05) is 24.6 Å². The Morgan fingerprint density at radius 3 is 2.47 bits per heavy atom. The molecule has 2 aliphatic heterocycles. The van der Waals surface area contributed by atoms with Crippen LogP contribution in [0.5, 0.6) is 0 Å². The lowest BCUT2D eigenvalue weighted by Crippen LogP contribution is -2.55. The molecule has 0 aromatic heterocycles. The molecule has 0 amide bonds. The Balaban J connectivity index is 1.19. The lowest BCUT2D eigenvalue weighted by atomic mass is 9.49. The van der Waals surface area contributed by atoms with Gasteiger partial charge in [0.15, 0.2) is 12.1 Å². The minimum absolute atomic E-state index is 0.0793. The number of ether oxygens (including phenoxy) is 4. The van der Waals surface area contributed by atoms with Gasteiger partial charge in [0.25, 0.3) is 0 Å². The van der Waals surface area contributed by atoms with Gasteiger partial charge in [-0.2, -0.15) is 0 Å². The summed E-state index contributed by atoms with van der Waals surface area (Å²) in [6.07, 6.45) is 11.5. The molecule has 1 aromatic rings. The Kier molecular flexibility index (Phi) is 8.00. The van der Waals surface area contributed by atoms with Crippen LogP contribution in [0.25, 0.3) is 0 Å². The van der Waals surface area contributed by atoms with Crippen molar-refractivity contribution in [2.75, 3.05) is 45.4 Å². The van der Waals surface area contributed by atoms with Gasteiger partial charge in [-0.15, -0.1) is 0 Å². The Labute approximate surface area is 257 Å². The topological polar surface area (TPSA) is 80.6 Å². The standard InChI is InChI=1S/C36H53NO6/c1-33-23-28(25-8-10-26(11-9-25)37(2)3)32-27(12-16-34(38)24-36(18-14-30(32)34)42-21-22-43-36)29(33)13-17-35(33,39)15-6-20-41-31-7-4-5-19-40-31/h8-11,27-29,31,38-39H,4-7,12-24H2,1-3H3/t27-,28+,29-,31?,33+,34+,35+/m0/s1. The number of fused-ring (bicyclic) bond motifs is 4. The van der Waals surface area contributed by atoms with Gasteiger partial charge in [-0.25, -0.2) is 0 Å². The predicted molar refractivity (Wildman–Crippen MR) is 166 cm³/mol. The van der Waals surface area contributed by atoms with Gasteiger partial charge in [-0.05, 0) is 106 Å². The molecule has 2 N–H and O–H groups in total. The van der Waals surface area contributed by atoms with Crippen molar-refractivity contribution in [1.82, 2.24) is 0 Å². The first kappa shape index (κ1) is 30.2. The summed E-state index contributed by atoms with van der Waals surface area (Å²) in [6, 6.07) is 9.03. The normalized spacial score (nSPS) is 40.3. The molecule has 7 atom stereocenters. The Hall–Kier alpha value is -1.48. The predicted octanol–water partition coefficient (Wildman–Crippen LogP) is 6.08. The highest BCUT2D eigenvalue weighted by Crippen LogP contribution is 2.68. The fourth-order valence-electron chi connectivity index (χ4n) is 10.2. The fourth-order valence-corrected chi connectivity index (χ4v) is 10.2. The monoisotopic (exact) mass is 595 g/mol. The molecule has 7 heteroatoms. The molecule has 4 aliphatic carbocycles. The van der Waals surface area contributed by atoms with E-state index in [1.165, 1.54) is 28.8 Å². The zero-order chi connectivity index (χ0) is 29.9. The minimum atomic E-state index is -0.878. The van der Waals surface area contributed by atoms with Gasteiger partial charge >= 0.3 is 0 Å². The summed E-state index contributed by atoms with van der Waals surface area (Å²) in [5.74, 6) is 0.350. The average molecular weight is 596 g/mol. The van der Waals surface area contributed by atoms with Gasteiger partial charge in [0.05, 0.1) is 24.4 Å². The molecule has 43 heavy (non-hydrogen) atoms. The SMILES string of the molecule is CN(C)c1ccc([C@H]2C[C@]3(C)[C@@H](CC[C@]3(O)CCCOC3CCCCO3)[C@@H]3CC[C@@]4(O)CC5(CCC4=C32)OCCO5)cc1. The first-order valence-corrected chi connectivity index (χ1v) is 17.1. The van der Waals surface area contributed by atoms with Crippen molar-refractivity contribution in [3.63, 3.8) is 0 Å². The molecular weight excluding hydrogens is 542 g/mol. The number of benzene rings is 1. The highest BCUT2D eigenvalue weighted by Gasteiger charge is 2.64. The van der Waals surface area contributed by atoms with Crippen molar-refractivity contribution in [3.8, 4) is 0 Å². The summed E-state index contributed by atoms with van der Waals surface area (Å²) in [5, 5.41) is 24.8. The number of hydrogen-bond acceptors (Lipinski definition) is 7. The van der Waals surface area contributed by atoms with Crippen molar-refractivity contribution in [3.05, 3.63) is 41.0 Å². The van der Waals surface area contributed by atoms with Crippen LogP contribution in [0.15, 0.2) is 35.4 Å². The van der Waals surface area contributed by atoms with E-state index in [2.05, 4.69) is 50.2 Å². The van der Waals surface area contributed by atoms with E-state index >= 15 is 0 Å². The number of aliphatic hydroxyl groups is 2. The Morgan fingerprint density at radius 1 is 0.953 bits per heavy atom. The Morgan fingerprint density at radius 2 is 1.74 bits per heavy atom. The van der Waals surface area contributed by atoms with Gasteiger partial charge in [0.2, 0.25) is 0 Å². The molecule has 238 valence electrons. The van der Waals surface area contributed by atoms with Crippen molar-refractivity contribution >= 4 is 5.69 Å². The summed E-state index contributed by atoms with van der Waals surface area (Å²) >= 11 is 0. The molecule has 0 bridgehead atoms. The summed E-state index contributed by atoms with van der Waals surface area (Å²) in [7, 11) is 4.16. The number of rotatable bonds is 7. The summed E-state index contributed by atoms with van der Waals surface area (Å²) < 4.78 is 24.1. The van der Waals surface area contributed by atoms with Crippen LogP contribution < -0.4 is 4.90 Å². The van der Waals surface area contributed by atoms with Crippen molar-refractivity contribution in [2.45, 2.75) is 120 Å². The highest BCUT2D eigenvalue weighted by molar-refractivity contribution is 5.50. The van der Waals surface area contributed by atoms with E-state index in [0.717, 1.165) is 77.2 Å². The van der Waals surface area contributed by atoms with Crippen LogP contribution in [0.4, 0.5) is 5.69 Å². The maximum Gasteiger partial charge on any atom is 0.171 e. The molecule has 2 saturated heterocycles. The zero-order valence-corrected chi connectivity index (χ0v) is 26.6. The van der Waals surface area contributed by atoms with E-state index in [1.54, 1.807) is 0 Å². The molecule has 0 radical (unpaired) electrons. The van der Waals surface area contributed by atoms with Crippen LogP contribution in [-0.4, -0.2) is 74.0 Å². The van der Waals surface area contributed by atoms with E-state index in [0.29, 0.717) is 38.1 Å². The summed E-state index contributed by atoms with van der Waals surface area (Å²) in [5.41, 5.74) is 3.43. The third-order valence-corrected chi connectivity index (χ3v) is 12.5. The van der Waals surface area contributed by atoms with Crippen molar-refractivity contribution < 1.29 is 29.2 Å². The average Bonchev–Trinajstić information content (AvgIpc) is 3.56. The third-order valence-electron chi connectivity index (χ3n) is 12.5. The fraction of sp³-hybridized carbons (Fsp3) is 0.778. The van der Waals surface area contributed by atoms with E-state index in [9.17, 15) is 10.2 Å². The van der Waals surface area contributed by atoms with E-state index < -0.39 is 17.0 Å². The Bertz CT molecular complexity index is 1190. The molecule has 1 aromatic carbocycles. The van der Waals surface area contributed by atoms with Gasteiger partial charge in [-0.3, -0.25) is 0 Å². The number of hydrogen-bond donors (Lipinski definition) is 2. The molecule has 7 nitrogen and oxygen atoms in total. The molecule has 2 heterocycles. The van der Waals surface area contributed by atoms with E-state index in [-0.39, 0.29) is 17.6 Å². The second kappa shape index (κ2) is 11.4. The zero-order valence-electron chi connectivity index (χ0n) is 26.6. The van der Waals surface area contributed by atoms with Crippen LogP contribution in [0, 0.1) is 17.3 Å². The smallest absolute Gasteiger partial charge is 0.171 e. The van der Waals surface area contributed by atoms with Gasteiger partial charge in [0, 0.05) is 57.2 Å². The molecule has 1 spiro atoms. The maximum absolute atomic E-state index is 12.5. The van der Waals surface area contributed by atoms with Crippen molar-refractivity contribution in [1.29, 1.82) is 0 Å². The van der Waals surface area contributed by atoms with E-state index in [4.69, 9.17) is 18.9 Å².